The van der Waals surface area contributed by atoms with E-state index in [2.05, 4.69) is 24.4 Å². The van der Waals surface area contributed by atoms with Crippen molar-refractivity contribution in [3.05, 3.63) is 35.4 Å². The molecular weight excluding hydrogens is 272 g/mol. The third kappa shape index (κ3) is 3.88. The molecule has 0 aliphatic rings. The highest BCUT2D eigenvalue weighted by atomic mass is 28.4. The lowest BCUT2D eigenvalue weighted by Gasteiger charge is -2.31. The van der Waals surface area contributed by atoms with Gasteiger partial charge in [-0.25, -0.2) is 0 Å². The fourth-order valence-corrected chi connectivity index (χ4v) is 4.58. The van der Waals surface area contributed by atoms with Gasteiger partial charge in [0.25, 0.3) is 0 Å². The molecule has 0 spiro atoms. The highest BCUT2D eigenvalue weighted by Crippen LogP contribution is 2.30. The minimum Gasteiger partial charge on any atom is -0.376 e. The van der Waals surface area contributed by atoms with Crippen molar-refractivity contribution in [1.82, 2.24) is 5.32 Å². The number of nitrogens with two attached hydrogens (primary N) is 1. The van der Waals surface area contributed by atoms with E-state index in [1.807, 2.05) is 19.1 Å². The summed E-state index contributed by atoms with van der Waals surface area (Å²) < 4.78 is 16.7. The topological polar surface area (TPSA) is 65.7 Å². The molecule has 0 saturated carbocycles. The molecule has 0 amide bonds. The minimum atomic E-state index is -2.71. The lowest BCUT2D eigenvalue weighted by atomic mass is 10.0. The molecule has 0 heterocycles. The van der Waals surface area contributed by atoms with Gasteiger partial charge in [-0.2, -0.15) is 0 Å². The van der Waals surface area contributed by atoms with Gasteiger partial charge in [-0.15, -0.1) is 0 Å². The van der Waals surface area contributed by atoms with Crippen molar-refractivity contribution in [3.63, 3.8) is 0 Å². The lowest BCUT2D eigenvalue weighted by Crippen LogP contribution is -2.48. The van der Waals surface area contributed by atoms with Crippen molar-refractivity contribution >= 4 is 8.80 Å². The Morgan fingerprint density at radius 2 is 1.65 bits per heavy atom. The summed E-state index contributed by atoms with van der Waals surface area (Å²) in [7, 11) is 2.20. The molecule has 0 aromatic heterocycles. The average Bonchev–Trinajstić information content (AvgIpc) is 2.47. The maximum absolute atomic E-state index is 5.75. The van der Waals surface area contributed by atoms with Crippen LogP contribution in [0.4, 0.5) is 0 Å². The predicted octanol–water partition coefficient (Wildman–Crippen LogP) is 1.60. The van der Waals surface area contributed by atoms with Gasteiger partial charge in [0.2, 0.25) is 0 Å². The van der Waals surface area contributed by atoms with Gasteiger partial charge in [0, 0.05) is 27.9 Å². The standard InChI is InChI=1S/C14H26N2O3Si/c1-11(20(17-3,18-4)19-5)14-9-7-6-8-13(14)10-16-12(2)15/h6-9,11-12,16H,10,15H2,1-5H3. The minimum absolute atomic E-state index is 0.0485. The van der Waals surface area contributed by atoms with Crippen molar-refractivity contribution in [2.45, 2.75) is 32.1 Å². The van der Waals surface area contributed by atoms with Gasteiger partial charge in [-0.1, -0.05) is 31.2 Å². The second-order valence-electron chi connectivity index (χ2n) is 4.81. The summed E-state index contributed by atoms with van der Waals surface area (Å²) in [5.41, 5.74) is 8.15. The fraction of sp³-hybridized carbons (Fsp3) is 0.571. The third-order valence-corrected chi connectivity index (χ3v) is 6.60. The molecule has 1 aromatic rings. The molecule has 0 radical (unpaired) electrons. The van der Waals surface area contributed by atoms with Gasteiger partial charge in [-0.3, -0.25) is 5.32 Å². The zero-order chi connectivity index (χ0) is 15.2. The molecule has 6 heteroatoms. The van der Waals surface area contributed by atoms with Crippen LogP contribution in [0.2, 0.25) is 0 Å². The van der Waals surface area contributed by atoms with E-state index < -0.39 is 8.80 Å². The van der Waals surface area contributed by atoms with Gasteiger partial charge in [0.15, 0.2) is 0 Å². The van der Waals surface area contributed by atoms with E-state index >= 15 is 0 Å². The van der Waals surface area contributed by atoms with Crippen LogP contribution in [0.1, 0.15) is 30.5 Å². The second-order valence-corrected chi connectivity index (χ2v) is 8.10. The monoisotopic (exact) mass is 298 g/mol. The van der Waals surface area contributed by atoms with Gasteiger partial charge in [0.1, 0.15) is 0 Å². The second kappa shape index (κ2) is 7.87. The van der Waals surface area contributed by atoms with Crippen molar-refractivity contribution in [2.75, 3.05) is 21.3 Å². The first kappa shape index (κ1) is 17.3. The SMILES string of the molecule is CO[Si](OC)(OC)C(C)c1ccccc1CNC(C)N. The molecule has 0 bridgehead atoms. The van der Waals surface area contributed by atoms with Gasteiger partial charge >= 0.3 is 8.80 Å². The summed E-state index contributed by atoms with van der Waals surface area (Å²) in [4.78, 5) is 0. The quantitative estimate of drug-likeness (QED) is 0.564. The van der Waals surface area contributed by atoms with Crippen molar-refractivity contribution in [2.24, 2.45) is 5.73 Å². The normalized spacial score (nSPS) is 15.1. The summed E-state index contributed by atoms with van der Waals surface area (Å²) in [5, 5.41) is 3.23. The van der Waals surface area contributed by atoms with Crippen LogP contribution in [0.15, 0.2) is 24.3 Å². The predicted molar refractivity (Wildman–Crippen MR) is 82.1 cm³/mol. The first-order valence-corrected chi connectivity index (χ1v) is 8.53. The van der Waals surface area contributed by atoms with E-state index in [0.717, 1.165) is 5.56 Å². The Labute approximate surface area is 122 Å². The van der Waals surface area contributed by atoms with E-state index in [0.29, 0.717) is 6.54 Å². The van der Waals surface area contributed by atoms with Gasteiger partial charge in [-0.05, 0) is 18.1 Å². The Morgan fingerprint density at radius 1 is 1.10 bits per heavy atom. The van der Waals surface area contributed by atoms with Crippen LogP contribution in [0.3, 0.4) is 0 Å². The maximum Gasteiger partial charge on any atom is 0.507 e. The van der Waals surface area contributed by atoms with E-state index in [9.17, 15) is 0 Å². The van der Waals surface area contributed by atoms with Crippen LogP contribution < -0.4 is 11.1 Å². The van der Waals surface area contributed by atoms with Crippen LogP contribution >= 0.6 is 0 Å². The van der Waals surface area contributed by atoms with E-state index in [1.165, 1.54) is 5.56 Å². The summed E-state index contributed by atoms with van der Waals surface area (Å²) in [6, 6.07) is 8.20. The molecular formula is C14H26N2O3Si. The number of rotatable bonds is 8. The summed E-state index contributed by atoms with van der Waals surface area (Å²) >= 11 is 0. The van der Waals surface area contributed by atoms with E-state index in [1.54, 1.807) is 21.3 Å². The van der Waals surface area contributed by atoms with Crippen LogP contribution in [0.25, 0.3) is 0 Å². The van der Waals surface area contributed by atoms with E-state index in [-0.39, 0.29) is 11.7 Å². The Hall–Kier alpha value is -0.763. The lowest BCUT2D eigenvalue weighted by molar-refractivity contribution is 0.114. The summed E-state index contributed by atoms with van der Waals surface area (Å²) in [5.74, 6) is 0. The molecule has 0 saturated heterocycles. The number of hydrogen-bond acceptors (Lipinski definition) is 5. The Bertz CT molecular complexity index is 403. The summed E-state index contributed by atoms with van der Waals surface area (Å²) in [6.45, 7) is 4.71. The van der Waals surface area contributed by atoms with Crippen molar-refractivity contribution in [3.8, 4) is 0 Å². The smallest absolute Gasteiger partial charge is 0.376 e. The number of nitrogens with one attached hydrogen (secondary N) is 1. The largest absolute Gasteiger partial charge is 0.507 e. The van der Waals surface area contributed by atoms with E-state index in [4.69, 9.17) is 19.0 Å². The average molecular weight is 298 g/mol. The maximum atomic E-state index is 5.75. The highest BCUT2D eigenvalue weighted by Gasteiger charge is 2.46. The molecule has 2 atom stereocenters. The molecule has 0 aliphatic carbocycles. The molecule has 0 aliphatic heterocycles. The zero-order valence-electron chi connectivity index (χ0n) is 13.0. The van der Waals surface area contributed by atoms with Gasteiger partial charge < -0.3 is 19.0 Å². The van der Waals surface area contributed by atoms with Crippen LogP contribution in [-0.2, 0) is 19.8 Å². The van der Waals surface area contributed by atoms with Crippen LogP contribution in [0.5, 0.6) is 0 Å². The molecule has 0 fully saturated rings. The molecule has 1 rings (SSSR count). The zero-order valence-corrected chi connectivity index (χ0v) is 14.0. The summed E-state index contributed by atoms with van der Waals surface area (Å²) in [6.07, 6.45) is -0.0485. The Kier molecular flexibility index (Phi) is 6.80. The van der Waals surface area contributed by atoms with Crippen LogP contribution in [0, 0.1) is 0 Å². The molecule has 114 valence electrons. The molecule has 3 N–H and O–H groups in total. The number of hydrogen-bond donors (Lipinski definition) is 2. The van der Waals surface area contributed by atoms with Crippen LogP contribution in [-0.4, -0.2) is 36.3 Å². The molecule has 20 heavy (non-hydrogen) atoms. The van der Waals surface area contributed by atoms with Gasteiger partial charge in [0.05, 0.1) is 11.7 Å². The molecule has 2 unspecified atom stereocenters. The molecule has 5 nitrogen and oxygen atoms in total. The fourth-order valence-electron chi connectivity index (χ4n) is 2.36. The number of benzene rings is 1. The highest BCUT2D eigenvalue weighted by molar-refractivity contribution is 6.62. The third-order valence-electron chi connectivity index (χ3n) is 3.52. The molecule has 1 aromatic carbocycles. The Balaban J connectivity index is 3.05. The first-order valence-electron chi connectivity index (χ1n) is 6.73. The Morgan fingerprint density at radius 3 is 2.15 bits per heavy atom. The van der Waals surface area contributed by atoms with Crippen molar-refractivity contribution < 1.29 is 13.3 Å². The first-order chi connectivity index (χ1) is 9.50. The van der Waals surface area contributed by atoms with Crippen molar-refractivity contribution in [1.29, 1.82) is 0 Å².